The maximum absolute atomic E-state index is 13.3. The molecule has 1 aromatic heterocycles. The van der Waals surface area contributed by atoms with Gasteiger partial charge in [-0.05, 0) is 29.1 Å². The van der Waals surface area contributed by atoms with Gasteiger partial charge in [-0.25, -0.2) is 4.39 Å². The van der Waals surface area contributed by atoms with Crippen LogP contribution >= 0.6 is 11.3 Å². The van der Waals surface area contributed by atoms with E-state index in [2.05, 4.69) is 5.32 Å². The first-order valence-corrected chi connectivity index (χ1v) is 9.43. The van der Waals surface area contributed by atoms with E-state index in [0.29, 0.717) is 13.1 Å². The van der Waals surface area contributed by atoms with E-state index in [1.807, 2.05) is 61.0 Å². The number of amides is 1. The standard InChI is InChI=1S/C21H21FN2OS/c1-24(14-16-7-5-10-18(22)13-16)15-20(25)23-21(19-11-6-12-26-19)17-8-3-2-4-9-17/h2-13,21H,14-15H2,1H3,(H,23,25)/p+1/t21-/m0/s1. The van der Waals surface area contributed by atoms with Crippen molar-refractivity contribution in [2.24, 2.45) is 0 Å². The number of likely N-dealkylation sites (N-methyl/N-ethyl adjacent to an activating group) is 1. The van der Waals surface area contributed by atoms with Crippen LogP contribution in [0.2, 0.25) is 0 Å². The molecule has 134 valence electrons. The van der Waals surface area contributed by atoms with Crippen LogP contribution in [0.5, 0.6) is 0 Å². The molecule has 0 bridgehead atoms. The van der Waals surface area contributed by atoms with Gasteiger partial charge in [0, 0.05) is 10.4 Å². The Hall–Kier alpha value is -2.50. The molecule has 5 heteroatoms. The Bertz CT molecular complexity index is 836. The highest BCUT2D eigenvalue weighted by Gasteiger charge is 2.20. The number of hydrogen-bond acceptors (Lipinski definition) is 2. The molecule has 0 saturated heterocycles. The second kappa shape index (κ2) is 8.74. The fraction of sp³-hybridized carbons (Fsp3) is 0.190. The molecule has 2 aromatic carbocycles. The van der Waals surface area contributed by atoms with Crippen LogP contribution < -0.4 is 10.2 Å². The predicted octanol–water partition coefficient (Wildman–Crippen LogP) is 2.81. The highest BCUT2D eigenvalue weighted by Crippen LogP contribution is 2.25. The molecule has 0 radical (unpaired) electrons. The Morgan fingerprint density at radius 1 is 1.12 bits per heavy atom. The topological polar surface area (TPSA) is 33.5 Å². The molecular weight excluding hydrogens is 347 g/mol. The number of quaternary nitrogens is 1. The summed E-state index contributed by atoms with van der Waals surface area (Å²) < 4.78 is 13.3. The van der Waals surface area contributed by atoms with Crippen molar-refractivity contribution in [3.05, 3.63) is 93.9 Å². The summed E-state index contributed by atoms with van der Waals surface area (Å²) in [6, 6.07) is 20.4. The monoisotopic (exact) mass is 369 g/mol. The molecule has 0 aliphatic heterocycles. The van der Waals surface area contributed by atoms with Gasteiger partial charge in [-0.3, -0.25) is 4.79 Å². The smallest absolute Gasteiger partial charge is 0.275 e. The molecule has 3 rings (SSSR count). The number of thiophene rings is 1. The van der Waals surface area contributed by atoms with E-state index in [4.69, 9.17) is 0 Å². The summed E-state index contributed by atoms with van der Waals surface area (Å²) in [5, 5.41) is 5.15. The zero-order valence-electron chi connectivity index (χ0n) is 14.6. The molecule has 3 aromatic rings. The fourth-order valence-electron chi connectivity index (χ4n) is 2.96. The van der Waals surface area contributed by atoms with Gasteiger partial charge in [0.25, 0.3) is 5.91 Å². The molecule has 1 heterocycles. The highest BCUT2D eigenvalue weighted by atomic mass is 32.1. The van der Waals surface area contributed by atoms with Crippen LogP contribution in [-0.4, -0.2) is 19.5 Å². The van der Waals surface area contributed by atoms with Gasteiger partial charge >= 0.3 is 0 Å². The van der Waals surface area contributed by atoms with Crippen LogP contribution in [0.3, 0.4) is 0 Å². The lowest BCUT2D eigenvalue weighted by atomic mass is 10.1. The number of hydrogen-bond donors (Lipinski definition) is 2. The molecule has 26 heavy (non-hydrogen) atoms. The minimum Gasteiger partial charge on any atom is -0.339 e. The van der Waals surface area contributed by atoms with Crippen molar-refractivity contribution in [1.29, 1.82) is 0 Å². The number of benzene rings is 2. The summed E-state index contributed by atoms with van der Waals surface area (Å²) in [6.07, 6.45) is 0. The molecule has 0 saturated carbocycles. The molecule has 1 unspecified atom stereocenters. The number of rotatable bonds is 7. The van der Waals surface area contributed by atoms with E-state index < -0.39 is 0 Å². The first-order chi connectivity index (χ1) is 12.6. The van der Waals surface area contributed by atoms with Gasteiger partial charge in [0.05, 0.1) is 13.1 Å². The van der Waals surface area contributed by atoms with Crippen LogP contribution in [0.4, 0.5) is 4.39 Å². The van der Waals surface area contributed by atoms with Crippen LogP contribution in [0.25, 0.3) is 0 Å². The zero-order valence-corrected chi connectivity index (χ0v) is 15.4. The zero-order chi connectivity index (χ0) is 18.4. The summed E-state index contributed by atoms with van der Waals surface area (Å²) in [4.78, 5) is 14.7. The van der Waals surface area contributed by atoms with Gasteiger partial charge in [0.2, 0.25) is 0 Å². The average Bonchev–Trinajstić information content (AvgIpc) is 3.14. The van der Waals surface area contributed by atoms with Crippen molar-refractivity contribution in [2.75, 3.05) is 13.6 Å². The quantitative estimate of drug-likeness (QED) is 0.660. The Balaban J connectivity index is 1.64. The summed E-state index contributed by atoms with van der Waals surface area (Å²) in [6.45, 7) is 0.922. The number of halogens is 1. The Morgan fingerprint density at radius 3 is 2.62 bits per heavy atom. The van der Waals surface area contributed by atoms with Gasteiger partial charge in [0.15, 0.2) is 6.54 Å². The Labute approximate surface area is 157 Å². The van der Waals surface area contributed by atoms with Crippen LogP contribution in [-0.2, 0) is 11.3 Å². The second-order valence-corrected chi connectivity index (χ2v) is 7.35. The molecular formula is C21H22FN2OS+. The summed E-state index contributed by atoms with van der Waals surface area (Å²) in [7, 11) is 1.94. The van der Waals surface area contributed by atoms with E-state index in [0.717, 1.165) is 20.9 Å². The highest BCUT2D eigenvalue weighted by molar-refractivity contribution is 7.10. The van der Waals surface area contributed by atoms with Gasteiger partial charge in [-0.1, -0.05) is 48.5 Å². The van der Waals surface area contributed by atoms with Crippen molar-refractivity contribution in [3.63, 3.8) is 0 Å². The summed E-state index contributed by atoms with van der Waals surface area (Å²) in [5.74, 6) is -0.275. The minimum absolute atomic E-state index is 0.0267. The second-order valence-electron chi connectivity index (χ2n) is 6.37. The number of carbonyl (C=O) groups excluding carboxylic acids is 1. The molecule has 0 aliphatic carbocycles. The summed E-state index contributed by atoms with van der Waals surface area (Å²) >= 11 is 1.63. The van der Waals surface area contributed by atoms with Crippen molar-refractivity contribution in [2.45, 2.75) is 12.6 Å². The van der Waals surface area contributed by atoms with Crippen molar-refractivity contribution in [1.82, 2.24) is 5.32 Å². The maximum Gasteiger partial charge on any atom is 0.275 e. The third kappa shape index (κ3) is 5.00. The Morgan fingerprint density at radius 2 is 1.92 bits per heavy atom. The van der Waals surface area contributed by atoms with Crippen molar-refractivity contribution >= 4 is 17.2 Å². The SMILES string of the molecule is C[NH+](CC(=O)N[C@@H](c1ccccc1)c1cccs1)Cc1cccc(F)c1. The molecule has 2 N–H and O–H groups in total. The van der Waals surface area contributed by atoms with Crippen LogP contribution in [0, 0.1) is 5.82 Å². The predicted molar refractivity (Wildman–Crippen MR) is 103 cm³/mol. The first kappa shape index (κ1) is 18.3. The van der Waals surface area contributed by atoms with Gasteiger partial charge in [-0.2, -0.15) is 0 Å². The van der Waals surface area contributed by atoms with Crippen molar-refractivity contribution in [3.8, 4) is 0 Å². The Kier molecular flexibility index (Phi) is 6.15. The molecule has 0 fully saturated rings. The number of nitrogens with one attached hydrogen (secondary N) is 2. The summed E-state index contributed by atoms with van der Waals surface area (Å²) in [5.41, 5.74) is 1.94. The lowest BCUT2D eigenvalue weighted by molar-refractivity contribution is -0.885. The average molecular weight is 369 g/mol. The molecule has 1 amide bonds. The number of carbonyl (C=O) groups is 1. The molecule has 0 spiro atoms. The molecule has 0 aliphatic rings. The normalized spacial score (nSPS) is 13.2. The third-order valence-electron chi connectivity index (χ3n) is 4.12. The van der Waals surface area contributed by atoms with E-state index in [-0.39, 0.29) is 17.8 Å². The van der Waals surface area contributed by atoms with Crippen LogP contribution in [0.15, 0.2) is 72.1 Å². The van der Waals surface area contributed by atoms with E-state index in [1.165, 1.54) is 12.1 Å². The van der Waals surface area contributed by atoms with E-state index in [1.54, 1.807) is 17.4 Å². The fourth-order valence-corrected chi connectivity index (χ4v) is 3.77. The van der Waals surface area contributed by atoms with E-state index in [9.17, 15) is 9.18 Å². The largest absolute Gasteiger partial charge is 0.339 e. The maximum atomic E-state index is 13.3. The van der Waals surface area contributed by atoms with Gasteiger partial charge < -0.3 is 10.2 Å². The van der Waals surface area contributed by atoms with Gasteiger partial charge in [0.1, 0.15) is 12.4 Å². The minimum atomic E-state index is -0.249. The molecule has 3 nitrogen and oxygen atoms in total. The van der Waals surface area contributed by atoms with Crippen LogP contribution in [0.1, 0.15) is 22.0 Å². The lowest BCUT2D eigenvalue weighted by Crippen LogP contribution is -3.08. The third-order valence-corrected chi connectivity index (χ3v) is 5.06. The molecule has 2 atom stereocenters. The lowest BCUT2D eigenvalue weighted by Gasteiger charge is -2.20. The van der Waals surface area contributed by atoms with Crippen molar-refractivity contribution < 1.29 is 14.1 Å². The van der Waals surface area contributed by atoms with E-state index >= 15 is 0 Å². The first-order valence-electron chi connectivity index (χ1n) is 8.55. The van der Waals surface area contributed by atoms with Gasteiger partial charge in [-0.15, -0.1) is 11.3 Å².